The molecule has 0 aliphatic rings. The summed E-state index contributed by atoms with van der Waals surface area (Å²) in [5.74, 6) is -0.583. The van der Waals surface area contributed by atoms with Crippen molar-refractivity contribution in [2.75, 3.05) is 11.9 Å². The molecule has 0 saturated heterocycles. The van der Waals surface area contributed by atoms with Crippen LogP contribution >= 0.6 is 11.6 Å². The van der Waals surface area contributed by atoms with Crippen LogP contribution in [0.15, 0.2) is 79.1 Å². The van der Waals surface area contributed by atoms with Crippen LogP contribution in [0.3, 0.4) is 0 Å². The summed E-state index contributed by atoms with van der Waals surface area (Å²) >= 11 is 5.89. The first-order valence-electron chi connectivity index (χ1n) is 9.90. The van der Waals surface area contributed by atoms with Crippen molar-refractivity contribution in [3.63, 3.8) is 0 Å². The molecule has 31 heavy (non-hydrogen) atoms. The second kappa shape index (κ2) is 11.2. The molecule has 1 heterocycles. The molecule has 3 rings (SSSR count). The van der Waals surface area contributed by atoms with Crippen LogP contribution in [-0.2, 0) is 27.5 Å². The molecule has 2 amide bonds. The van der Waals surface area contributed by atoms with Crippen LogP contribution in [0.25, 0.3) is 0 Å². The first-order chi connectivity index (χ1) is 15.0. The van der Waals surface area contributed by atoms with Crippen molar-refractivity contribution in [1.29, 1.82) is 0 Å². The summed E-state index contributed by atoms with van der Waals surface area (Å²) in [7, 11) is 0. The van der Waals surface area contributed by atoms with Gasteiger partial charge in [0.2, 0.25) is 5.91 Å². The second-order valence-corrected chi connectivity index (χ2v) is 7.49. The predicted molar refractivity (Wildman–Crippen MR) is 120 cm³/mol. The molecule has 0 aliphatic heterocycles. The van der Waals surface area contributed by atoms with Crippen LogP contribution in [0.1, 0.15) is 18.1 Å². The van der Waals surface area contributed by atoms with E-state index in [1.54, 1.807) is 49.6 Å². The van der Waals surface area contributed by atoms with Crippen LogP contribution < -0.4 is 5.32 Å². The van der Waals surface area contributed by atoms with E-state index in [4.69, 9.17) is 16.3 Å². The Labute approximate surface area is 186 Å². The van der Waals surface area contributed by atoms with Crippen molar-refractivity contribution >= 4 is 29.1 Å². The average molecular weight is 438 g/mol. The average Bonchev–Trinajstić information content (AvgIpc) is 2.79. The molecule has 2 aromatic carbocycles. The molecule has 0 fully saturated rings. The molecular weight excluding hydrogens is 414 g/mol. The van der Waals surface area contributed by atoms with Crippen molar-refractivity contribution in [1.82, 2.24) is 9.88 Å². The number of pyridine rings is 1. The van der Waals surface area contributed by atoms with Gasteiger partial charge in [-0.2, -0.15) is 0 Å². The number of nitrogens with zero attached hydrogens (tertiary/aromatic N) is 2. The fourth-order valence-electron chi connectivity index (χ4n) is 2.95. The smallest absolute Gasteiger partial charge is 0.252 e. The fourth-order valence-corrected chi connectivity index (χ4v) is 3.08. The second-order valence-electron chi connectivity index (χ2n) is 7.05. The molecule has 7 heteroatoms. The number of hydrogen-bond donors (Lipinski definition) is 1. The minimum absolute atomic E-state index is 0.116. The molecule has 0 bridgehead atoms. The molecule has 0 saturated carbocycles. The van der Waals surface area contributed by atoms with E-state index in [9.17, 15) is 9.59 Å². The molecule has 1 unspecified atom stereocenters. The van der Waals surface area contributed by atoms with Crippen LogP contribution in [0.5, 0.6) is 0 Å². The standard InChI is InChI=1S/C24H24ClN3O3/c1-18(31-17-19-6-3-2-4-7-19)24(30)28(15-20-8-5-13-26-14-20)16-23(29)27-22-11-9-21(25)10-12-22/h2-14,18H,15-17H2,1H3,(H,27,29). The van der Waals surface area contributed by atoms with Gasteiger partial charge in [-0.15, -0.1) is 0 Å². The number of halogens is 1. The van der Waals surface area contributed by atoms with Gasteiger partial charge in [0, 0.05) is 29.6 Å². The minimum atomic E-state index is -0.708. The predicted octanol–water partition coefficient (Wildman–Crippen LogP) is 4.31. The summed E-state index contributed by atoms with van der Waals surface area (Å²) in [6, 6.07) is 20.1. The van der Waals surface area contributed by atoms with Gasteiger partial charge in [-0.05, 0) is 48.4 Å². The van der Waals surface area contributed by atoms with Crippen molar-refractivity contribution < 1.29 is 14.3 Å². The van der Waals surface area contributed by atoms with Crippen molar-refractivity contribution in [2.24, 2.45) is 0 Å². The Morgan fingerprint density at radius 3 is 2.42 bits per heavy atom. The monoisotopic (exact) mass is 437 g/mol. The Morgan fingerprint density at radius 2 is 1.74 bits per heavy atom. The van der Waals surface area contributed by atoms with Gasteiger partial charge in [0.1, 0.15) is 12.6 Å². The number of benzene rings is 2. The third kappa shape index (κ3) is 7.20. The van der Waals surface area contributed by atoms with Crippen molar-refractivity contribution in [3.8, 4) is 0 Å². The number of carbonyl (C=O) groups is 2. The van der Waals surface area contributed by atoms with Crippen LogP contribution in [0.2, 0.25) is 5.02 Å². The summed E-state index contributed by atoms with van der Waals surface area (Å²) in [4.78, 5) is 31.3. The van der Waals surface area contributed by atoms with Crippen molar-refractivity contribution in [3.05, 3.63) is 95.3 Å². The highest BCUT2D eigenvalue weighted by atomic mass is 35.5. The zero-order valence-electron chi connectivity index (χ0n) is 17.2. The highest BCUT2D eigenvalue weighted by Crippen LogP contribution is 2.14. The molecule has 0 aliphatic carbocycles. The van der Waals surface area contributed by atoms with E-state index < -0.39 is 6.10 Å². The first kappa shape index (κ1) is 22.5. The molecule has 1 N–H and O–H groups in total. The Morgan fingerprint density at radius 1 is 1.03 bits per heavy atom. The highest BCUT2D eigenvalue weighted by molar-refractivity contribution is 6.30. The Kier molecular flexibility index (Phi) is 8.15. The SMILES string of the molecule is CC(OCc1ccccc1)C(=O)N(CC(=O)Nc1ccc(Cl)cc1)Cc1cccnc1. The van der Waals surface area contributed by atoms with Gasteiger partial charge in [0.15, 0.2) is 0 Å². The Bertz CT molecular complexity index is 982. The molecule has 160 valence electrons. The van der Waals surface area contributed by atoms with E-state index in [0.29, 0.717) is 17.3 Å². The molecular formula is C24H24ClN3O3. The van der Waals surface area contributed by atoms with Crippen LogP contribution in [-0.4, -0.2) is 34.3 Å². The number of ether oxygens (including phenoxy) is 1. The third-order valence-corrected chi connectivity index (χ3v) is 4.81. The number of rotatable bonds is 9. The van der Waals surface area contributed by atoms with Gasteiger partial charge < -0.3 is 15.0 Å². The van der Waals surface area contributed by atoms with E-state index in [-0.39, 0.29) is 24.9 Å². The highest BCUT2D eigenvalue weighted by Gasteiger charge is 2.24. The molecule has 1 aromatic heterocycles. The summed E-state index contributed by atoms with van der Waals surface area (Å²) < 4.78 is 5.77. The number of carbonyl (C=O) groups excluding carboxylic acids is 2. The maximum Gasteiger partial charge on any atom is 0.252 e. The van der Waals surface area contributed by atoms with E-state index in [1.165, 1.54) is 4.90 Å². The van der Waals surface area contributed by atoms with Gasteiger partial charge >= 0.3 is 0 Å². The lowest BCUT2D eigenvalue weighted by Gasteiger charge is -2.25. The fraction of sp³-hybridized carbons (Fsp3) is 0.208. The molecule has 3 aromatic rings. The number of anilines is 1. The molecule has 0 spiro atoms. The third-order valence-electron chi connectivity index (χ3n) is 4.56. The van der Waals surface area contributed by atoms with Gasteiger partial charge in [-0.25, -0.2) is 0 Å². The molecule has 1 atom stereocenters. The maximum absolute atomic E-state index is 13.1. The number of hydrogen-bond acceptors (Lipinski definition) is 4. The van der Waals surface area contributed by atoms with Crippen molar-refractivity contribution in [2.45, 2.75) is 26.2 Å². The van der Waals surface area contributed by atoms with Gasteiger partial charge in [0.05, 0.1) is 6.61 Å². The number of aromatic nitrogens is 1. The summed E-state index contributed by atoms with van der Waals surface area (Å²) in [5.41, 5.74) is 2.41. The largest absolute Gasteiger partial charge is 0.364 e. The van der Waals surface area contributed by atoms with Crippen LogP contribution in [0, 0.1) is 0 Å². The lowest BCUT2D eigenvalue weighted by molar-refractivity contribution is -0.146. The summed E-state index contributed by atoms with van der Waals surface area (Å²) in [6.45, 7) is 2.14. The van der Waals surface area contributed by atoms with Gasteiger partial charge in [0.25, 0.3) is 5.91 Å². The summed E-state index contributed by atoms with van der Waals surface area (Å²) in [5, 5.41) is 3.37. The Hall–Kier alpha value is -3.22. The molecule has 6 nitrogen and oxygen atoms in total. The van der Waals surface area contributed by atoms with E-state index in [0.717, 1.165) is 11.1 Å². The Balaban J connectivity index is 1.66. The zero-order chi connectivity index (χ0) is 22.1. The van der Waals surface area contributed by atoms with E-state index >= 15 is 0 Å². The van der Waals surface area contributed by atoms with E-state index in [1.807, 2.05) is 36.4 Å². The topological polar surface area (TPSA) is 71.5 Å². The van der Waals surface area contributed by atoms with Gasteiger partial charge in [-0.3, -0.25) is 14.6 Å². The van der Waals surface area contributed by atoms with E-state index in [2.05, 4.69) is 10.3 Å². The lowest BCUT2D eigenvalue weighted by atomic mass is 10.2. The quantitative estimate of drug-likeness (QED) is 0.541. The van der Waals surface area contributed by atoms with Gasteiger partial charge in [-0.1, -0.05) is 48.0 Å². The number of amides is 2. The lowest BCUT2D eigenvalue weighted by Crippen LogP contribution is -2.43. The maximum atomic E-state index is 13.1. The normalized spacial score (nSPS) is 11.5. The number of nitrogens with one attached hydrogen (secondary N) is 1. The summed E-state index contributed by atoms with van der Waals surface area (Å²) in [6.07, 6.45) is 2.63. The van der Waals surface area contributed by atoms with Crippen LogP contribution in [0.4, 0.5) is 5.69 Å². The molecule has 0 radical (unpaired) electrons. The first-order valence-corrected chi connectivity index (χ1v) is 10.3. The minimum Gasteiger partial charge on any atom is -0.364 e. The zero-order valence-corrected chi connectivity index (χ0v) is 18.0.